The van der Waals surface area contributed by atoms with Crippen molar-refractivity contribution in [2.24, 2.45) is 5.92 Å². The molecule has 2 aliphatic rings. The Morgan fingerprint density at radius 3 is 1.44 bits per heavy atom. The number of aliphatic hydroxyl groups is 6. The Bertz CT molecular complexity index is 986. The molecular formula is C50H97NO10. The van der Waals surface area contributed by atoms with Crippen LogP contribution in [0.1, 0.15) is 232 Å². The van der Waals surface area contributed by atoms with Gasteiger partial charge in [0.15, 0.2) is 6.29 Å². The second-order valence-corrected chi connectivity index (χ2v) is 19.0. The first-order valence-corrected chi connectivity index (χ1v) is 25.9. The molecule has 0 aromatic rings. The molecule has 11 heteroatoms. The summed E-state index contributed by atoms with van der Waals surface area (Å²) in [5, 5.41) is 65.3. The molecular weight excluding hydrogens is 775 g/mol. The van der Waals surface area contributed by atoms with Crippen molar-refractivity contribution in [3.05, 3.63) is 0 Å². The molecule has 2 aliphatic heterocycles. The summed E-state index contributed by atoms with van der Waals surface area (Å²) in [5.74, 6) is 0.606. The molecule has 61 heavy (non-hydrogen) atoms. The fourth-order valence-corrected chi connectivity index (χ4v) is 8.89. The summed E-state index contributed by atoms with van der Waals surface area (Å²) >= 11 is 0. The standard InChI is InChI=1S/C50H97NO10/c1-2-3-4-5-6-7-8-20-23-26-29-32-35-43(53)46(55)42(40-60-50-49(58)48(57)47(56)44(37-52)61-50)51-45(54)36-33-30-27-24-21-18-16-14-12-10-9-11-13-15-17-19-22-25-28-31-34-41-38-59-39-41/h41-44,46-50,52-53,55-58H,2-40H2,1H3,(H,51,54)/t42-,43+,44?,46-,47?,48?,49?,50?/m0/s1. The van der Waals surface area contributed by atoms with Crippen LogP contribution in [0.4, 0.5) is 0 Å². The van der Waals surface area contributed by atoms with Crippen molar-refractivity contribution >= 4 is 5.91 Å². The van der Waals surface area contributed by atoms with Crippen molar-refractivity contribution in [1.29, 1.82) is 0 Å². The van der Waals surface area contributed by atoms with Gasteiger partial charge >= 0.3 is 0 Å². The molecule has 0 bridgehead atoms. The third-order valence-corrected chi connectivity index (χ3v) is 13.3. The third-order valence-electron chi connectivity index (χ3n) is 13.3. The maximum atomic E-state index is 13.0. The van der Waals surface area contributed by atoms with Gasteiger partial charge in [-0.2, -0.15) is 0 Å². The molecule has 0 aromatic carbocycles. The van der Waals surface area contributed by atoms with Gasteiger partial charge in [-0.05, 0) is 19.3 Å². The van der Waals surface area contributed by atoms with Crippen LogP contribution in [-0.4, -0.2) is 112 Å². The van der Waals surface area contributed by atoms with Gasteiger partial charge in [0, 0.05) is 12.3 Å². The van der Waals surface area contributed by atoms with Gasteiger partial charge in [0.25, 0.3) is 0 Å². The molecule has 0 aliphatic carbocycles. The predicted molar refractivity (Wildman–Crippen MR) is 245 cm³/mol. The van der Waals surface area contributed by atoms with Gasteiger partial charge in [-0.25, -0.2) is 0 Å². The van der Waals surface area contributed by atoms with Crippen LogP contribution >= 0.6 is 0 Å². The second-order valence-electron chi connectivity index (χ2n) is 19.0. The summed E-state index contributed by atoms with van der Waals surface area (Å²) in [6.45, 7) is 3.35. The Hall–Kier alpha value is -0.890. The van der Waals surface area contributed by atoms with Crippen molar-refractivity contribution in [3.8, 4) is 0 Å². The summed E-state index contributed by atoms with van der Waals surface area (Å²) in [6.07, 6.45) is 32.4. The number of nitrogens with one attached hydrogen (secondary N) is 1. The summed E-state index contributed by atoms with van der Waals surface area (Å²) < 4.78 is 16.4. The summed E-state index contributed by atoms with van der Waals surface area (Å²) in [5.41, 5.74) is 0. The number of hydrogen-bond donors (Lipinski definition) is 7. The Morgan fingerprint density at radius 1 is 0.590 bits per heavy atom. The lowest BCUT2D eigenvalue weighted by molar-refractivity contribution is -0.303. The third kappa shape index (κ3) is 27.9. The normalized spacial score (nSPS) is 22.2. The van der Waals surface area contributed by atoms with Crippen molar-refractivity contribution in [1.82, 2.24) is 5.32 Å². The highest BCUT2D eigenvalue weighted by molar-refractivity contribution is 5.76. The smallest absolute Gasteiger partial charge is 0.220 e. The van der Waals surface area contributed by atoms with Crippen LogP contribution in [0, 0.1) is 5.92 Å². The number of carbonyl (C=O) groups is 1. The minimum Gasteiger partial charge on any atom is -0.394 e. The molecule has 0 saturated carbocycles. The SMILES string of the molecule is CCCCCCCCCCCCCC[C@@H](O)[C@@H](O)[C@H](COC1OC(CO)C(O)C(O)C1O)NC(=O)CCCCCCCCCCCCCCCCCCCCCCC1COC1. The monoisotopic (exact) mass is 872 g/mol. The van der Waals surface area contributed by atoms with Crippen molar-refractivity contribution < 1.29 is 49.6 Å². The second kappa shape index (κ2) is 38.4. The van der Waals surface area contributed by atoms with Crippen LogP contribution < -0.4 is 5.32 Å². The van der Waals surface area contributed by atoms with E-state index in [1.807, 2.05) is 0 Å². The molecule has 2 rings (SSSR count). The average molecular weight is 872 g/mol. The first-order chi connectivity index (χ1) is 29.8. The average Bonchev–Trinajstić information content (AvgIpc) is 3.24. The number of carbonyl (C=O) groups excluding carboxylic acids is 1. The van der Waals surface area contributed by atoms with Crippen LogP contribution in [0.2, 0.25) is 0 Å². The molecule has 8 atom stereocenters. The van der Waals surface area contributed by atoms with Crippen LogP contribution in [-0.2, 0) is 19.0 Å². The number of ether oxygens (including phenoxy) is 3. The highest BCUT2D eigenvalue weighted by atomic mass is 16.7. The zero-order valence-electron chi connectivity index (χ0n) is 39.1. The molecule has 2 saturated heterocycles. The molecule has 5 unspecified atom stereocenters. The predicted octanol–water partition coefficient (Wildman–Crippen LogP) is 9.33. The zero-order chi connectivity index (χ0) is 44.2. The number of rotatable bonds is 43. The van der Waals surface area contributed by atoms with Gasteiger partial charge in [0.05, 0.1) is 38.6 Å². The topological polar surface area (TPSA) is 178 Å². The zero-order valence-corrected chi connectivity index (χ0v) is 39.1. The Balaban J connectivity index is 1.54. The van der Waals surface area contributed by atoms with E-state index >= 15 is 0 Å². The molecule has 2 fully saturated rings. The minimum absolute atomic E-state index is 0.254. The number of unbranched alkanes of at least 4 members (excludes halogenated alkanes) is 30. The Kier molecular flexibility index (Phi) is 35.4. The molecule has 362 valence electrons. The van der Waals surface area contributed by atoms with E-state index in [1.54, 1.807) is 0 Å². The molecule has 7 N–H and O–H groups in total. The fourth-order valence-electron chi connectivity index (χ4n) is 8.89. The van der Waals surface area contributed by atoms with E-state index in [0.717, 1.165) is 70.5 Å². The molecule has 1 amide bonds. The molecule has 0 radical (unpaired) electrons. The van der Waals surface area contributed by atoms with Crippen molar-refractivity contribution in [3.63, 3.8) is 0 Å². The van der Waals surface area contributed by atoms with E-state index in [4.69, 9.17) is 14.2 Å². The highest BCUT2D eigenvalue weighted by Gasteiger charge is 2.44. The van der Waals surface area contributed by atoms with E-state index in [9.17, 15) is 35.4 Å². The van der Waals surface area contributed by atoms with Crippen LogP contribution in [0.3, 0.4) is 0 Å². The quantitative estimate of drug-likeness (QED) is 0.0292. The molecule has 0 aromatic heterocycles. The first kappa shape index (κ1) is 56.2. The molecule has 0 spiro atoms. The summed E-state index contributed by atoms with van der Waals surface area (Å²) in [6, 6.07) is -0.986. The van der Waals surface area contributed by atoms with E-state index in [-0.39, 0.29) is 18.9 Å². The van der Waals surface area contributed by atoms with E-state index < -0.39 is 55.6 Å². The fraction of sp³-hybridized carbons (Fsp3) is 0.980. The van der Waals surface area contributed by atoms with Gasteiger partial charge in [-0.1, -0.05) is 206 Å². The first-order valence-electron chi connectivity index (χ1n) is 25.9. The Labute approximate surface area is 372 Å². The largest absolute Gasteiger partial charge is 0.394 e. The van der Waals surface area contributed by atoms with Gasteiger partial charge < -0.3 is 50.2 Å². The lowest BCUT2D eigenvalue weighted by Crippen LogP contribution is -2.60. The lowest BCUT2D eigenvalue weighted by atomic mass is 9.98. The van der Waals surface area contributed by atoms with Gasteiger partial charge in [0.1, 0.15) is 30.5 Å². The number of aliphatic hydroxyl groups excluding tert-OH is 6. The Morgan fingerprint density at radius 2 is 1.02 bits per heavy atom. The van der Waals surface area contributed by atoms with E-state index in [1.165, 1.54) is 161 Å². The maximum absolute atomic E-state index is 13.0. The number of amides is 1. The molecule has 2 heterocycles. The number of hydrogen-bond acceptors (Lipinski definition) is 10. The lowest BCUT2D eigenvalue weighted by Gasteiger charge is -2.40. The van der Waals surface area contributed by atoms with Gasteiger partial charge in [-0.15, -0.1) is 0 Å². The van der Waals surface area contributed by atoms with Crippen LogP contribution in [0.25, 0.3) is 0 Å². The van der Waals surface area contributed by atoms with Crippen molar-refractivity contribution in [2.45, 2.75) is 281 Å². The van der Waals surface area contributed by atoms with Crippen LogP contribution in [0.5, 0.6) is 0 Å². The summed E-state index contributed by atoms with van der Waals surface area (Å²) in [7, 11) is 0. The van der Waals surface area contributed by atoms with E-state index in [2.05, 4.69) is 12.2 Å². The van der Waals surface area contributed by atoms with Crippen LogP contribution in [0.15, 0.2) is 0 Å². The molecule has 11 nitrogen and oxygen atoms in total. The van der Waals surface area contributed by atoms with E-state index in [0.29, 0.717) is 6.42 Å². The highest BCUT2D eigenvalue weighted by Crippen LogP contribution is 2.24. The maximum Gasteiger partial charge on any atom is 0.220 e. The summed E-state index contributed by atoms with van der Waals surface area (Å²) in [4.78, 5) is 13.0. The minimum atomic E-state index is -1.60. The van der Waals surface area contributed by atoms with Crippen molar-refractivity contribution in [2.75, 3.05) is 26.4 Å². The van der Waals surface area contributed by atoms with Gasteiger partial charge in [0.2, 0.25) is 5.91 Å². The van der Waals surface area contributed by atoms with Gasteiger partial charge in [-0.3, -0.25) is 4.79 Å².